The van der Waals surface area contributed by atoms with Crippen LogP contribution in [0.5, 0.6) is 0 Å². The Morgan fingerprint density at radius 2 is 1.86 bits per heavy atom. The maximum Gasteiger partial charge on any atom is 0.410 e. The molecule has 1 amide bonds. The summed E-state index contributed by atoms with van der Waals surface area (Å²) in [6, 6.07) is 2.29. The number of amides is 1. The summed E-state index contributed by atoms with van der Waals surface area (Å²) in [5, 5.41) is 12.3. The number of hydrogen-bond acceptors (Lipinski definition) is 4. The number of carbonyl (C=O) groups excluding carboxylic acids is 1. The topological polar surface area (TPSA) is 65.4 Å². The molecule has 5 heteroatoms. The van der Waals surface area contributed by atoms with Crippen LogP contribution >= 0.6 is 0 Å². The zero-order valence-electron chi connectivity index (χ0n) is 14.0. The van der Waals surface area contributed by atoms with Gasteiger partial charge in [-0.15, -0.1) is 0 Å². The van der Waals surface area contributed by atoms with Gasteiger partial charge in [-0.2, -0.15) is 5.26 Å². The first-order valence-electron chi connectivity index (χ1n) is 7.73. The third kappa shape index (κ3) is 6.81. The standard InChI is InChI=1S/C16H29N3O2/c1-15(2,3)21-14(20)19-8-6-13(7-9-19)10-18-12-16(4,5)11-17/h13,18H,6-10,12H2,1-5H3. The molecule has 0 aliphatic carbocycles. The van der Waals surface area contributed by atoms with Crippen LogP contribution in [0.4, 0.5) is 4.79 Å². The van der Waals surface area contributed by atoms with Crippen LogP contribution in [0.3, 0.4) is 0 Å². The second kappa shape index (κ2) is 7.13. The van der Waals surface area contributed by atoms with Gasteiger partial charge in [-0.1, -0.05) is 0 Å². The number of hydrogen-bond donors (Lipinski definition) is 1. The van der Waals surface area contributed by atoms with Gasteiger partial charge in [0, 0.05) is 19.6 Å². The minimum Gasteiger partial charge on any atom is -0.444 e. The Balaban J connectivity index is 2.27. The van der Waals surface area contributed by atoms with E-state index < -0.39 is 5.60 Å². The van der Waals surface area contributed by atoms with Crippen molar-refractivity contribution in [1.29, 1.82) is 5.26 Å². The van der Waals surface area contributed by atoms with E-state index in [2.05, 4.69) is 11.4 Å². The zero-order chi connectivity index (χ0) is 16.1. The van der Waals surface area contributed by atoms with Gasteiger partial charge >= 0.3 is 6.09 Å². The lowest BCUT2D eigenvalue weighted by molar-refractivity contribution is 0.0184. The van der Waals surface area contributed by atoms with Crippen molar-refractivity contribution in [3.8, 4) is 6.07 Å². The number of nitrogens with one attached hydrogen (secondary N) is 1. The van der Waals surface area contributed by atoms with Gasteiger partial charge in [0.05, 0.1) is 11.5 Å². The molecule has 0 spiro atoms. The van der Waals surface area contributed by atoms with Crippen LogP contribution in [0, 0.1) is 22.7 Å². The van der Waals surface area contributed by atoms with E-state index in [-0.39, 0.29) is 11.5 Å². The van der Waals surface area contributed by atoms with Gasteiger partial charge in [-0.05, 0) is 59.9 Å². The average Bonchev–Trinajstić information content (AvgIpc) is 2.37. The molecular weight excluding hydrogens is 266 g/mol. The highest BCUT2D eigenvalue weighted by molar-refractivity contribution is 5.68. The molecule has 1 heterocycles. The summed E-state index contributed by atoms with van der Waals surface area (Å²) in [5.74, 6) is 0.568. The molecule has 0 bridgehead atoms. The lowest BCUT2D eigenvalue weighted by Gasteiger charge is -2.33. The van der Waals surface area contributed by atoms with Gasteiger partial charge in [0.25, 0.3) is 0 Å². The monoisotopic (exact) mass is 295 g/mol. The van der Waals surface area contributed by atoms with Crippen molar-refractivity contribution < 1.29 is 9.53 Å². The smallest absolute Gasteiger partial charge is 0.410 e. The summed E-state index contributed by atoms with van der Waals surface area (Å²) in [4.78, 5) is 13.7. The van der Waals surface area contributed by atoms with E-state index >= 15 is 0 Å². The van der Waals surface area contributed by atoms with E-state index in [9.17, 15) is 4.79 Å². The quantitative estimate of drug-likeness (QED) is 0.866. The minimum absolute atomic E-state index is 0.209. The molecule has 0 aromatic rings. The first-order valence-corrected chi connectivity index (χ1v) is 7.73. The predicted molar refractivity (Wildman–Crippen MR) is 82.8 cm³/mol. The molecule has 1 N–H and O–H groups in total. The first-order chi connectivity index (χ1) is 9.63. The Hall–Kier alpha value is -1.28. The lowest BCUT2D eigenvalue weighted by Crippen LogP contribution is -2.43. The fourth-order valence-electron chi connectivity index (χ4n) is 2.27. The van der Waals surface area contributed by atoms with Crippen molar-refractivity contribution in [1.82, 2.24) is 10.2 Å². The number of piperidine rings is 1. The van der Waals surface area contributed by atoms with Gasteiger partial charge in [0.2, 0.25) is 0 Å². The maximum absolute atomic E-state index is 12.0. The van der Waals surface area contributed by atoms with E-state index in [1.807, 2.05) is 34.6 Å². The highest BCUT2D eigenvalue weighted by Gasteiger charge is 2.27. The third-order valence-electron chi connectivity index (χ3n) is 3.57. The molecule has 1 fully saturated rings. The zero-order valence-corrected chi connectivity index (χ0v) is 14.0. The van der Waals surface area contributed by atoms with E-state index in [0.29, 0.717) is 12.5 Å². The normalized spacial score (nSPS) is 17.4. The molecule has 21 heavy (non-hydrogen) atoms. The first kappa shape index (κ1) is 17.8. The van der Waals surface area contributed by atoms with Gasteiger partial charge < -0.3 is 15.0 Å². The van der Waals surface area contributed by atoms with E-state index in [1.54, 1.807) is 4.90 Å². The average molecular weight is 295 g/mol. The van der Waals surface area contributed by atoms with Crippen LogP contribution in [-0.2, 0) is 4.74 Å². The summed E-state index contributed by atoms with van der Waals surface area (Å²) in [6.07, 6.45) is 1.76. The third-order valence-corrected chi connectivity index (χ3v) is 3.57. The molecule has 120 valence electrons. The van der Waals surface area contributed by atoms with Gasteiger partial charge in [0.15, 0.2) is 0 Å². The van der Waals surface area contributed by atoms with Crippen molar-refractivity contribution in [2.45, 2.75) is 53.1 Å². The molecule has 0 aromatic heterocycles. The highest BCUT2D eigenvalue weighted by Crippen LogP contribution is 2.19. The van der Waals surface area contributed by atoms with Crippen LogP contribution in [0.1, 0.15) is 47.5 Å². The largest absolute Gasteiger partial charge is 0.444 e. The minimum atomic E-state index is -0.432. The molecule has 0 saturated carbocycles. The molecule has 0 atom stereocenters. The number of likely N-dealkylation sites (tertiary alicyclic amines) is 1. The van der Waals surface area contributed by atoms with Crippen LogP contribution < -0.4 is 5.32 Å². The molecule has 5 nitrogen and oxygen atoms in total. The highest BCUT2D eigenvalue weighted by atomic mass is 16.6. The molecular formula is C16H29N3O2. The Kier molecular flexibility index (Phi) is 6.03. The van der Waals surface area contributed by atoms with Crippen molar-refractivity contribution in [2.24, 2.45) is 11.3 Å². The SMILES string of the molecule is CC(C)(C#N)CNCC1CCN(C(=O)OC(C)(C)C)CC1. The molecule has 0 unspecified atom stereocenters. The van der Waals surface area contributed by atoms with Crippen molar-refractivity contribution >= 4 is 6.09 Å². The van der Waals surface area contributed by atoms with Gasteiger partial charge in [0.1, 0.15) is 5.60 Å². The number of rotatable bonds is 4. The summed E-state index contributed by atoms with van der Waals surface area (Å²) < 4.78 is 5.39. The van der Waals surface area contributed by atoms with Crippen molar-refractivity contribution in [3.05, 3.63) is 0 Å². The second-order valence-corrected chi connectivity index (χ2v) is 7.54. The summed E-state index contributed by atoms with van der Waals surface area (Å²) in [7, 11) is 0. The summed E-state index contributed by atoms with van der Waals surface area (Å²) in [5.41, 5.74) is -0.754. The van der Waals surface area contributed by atoms with Gasteiger partial charge in [-0.3, -0.25) is 0 Å². The Morgan fingerprint density at radius 1 is 1.29 bits per heavy atom. The van der Waals surface area contributed by atoms with Crippen molar-refractivity contribution in [3.63, 3.8) is 0 Å². The molecule has 0 aromatic carbocycles. The molecule has 1 saturated heterocycles. The fourth-order valence-corrected chi connectivity index (χ4v) is 2.27. The second-order valence-electron chi connectivity index (χ2n) is 7.54. The number of nitriles is 1. The number of ether oxygens (including phenoxy) is 1. The molecule has 1 aliphatic heterocycles. The van der Waals surface area contributed by atoms with Crippen LogP contribution in [-0.4, -0.2) is 42.8 Å². The predicted octanol–water partition coefficient (Wildman–Crippen LogP) is 2.77. The Bertz CT molecular complexity index is 385. The van der Waals surface area contributed by atoms with E-state index in [0.717, 1.165) is 32.5 Å². The van der Waals surface area contributed by atoms with Crippen molar-refractivity contribution in [2.75, 3.05) is 26.2 Å². The van der Waals surface area contributed by atoms with E-state index in [4.69, 9.17) is 10.00 Å². The van der Waals surface area contributed by atoms with E-state index in [1.165, 1.54) is 0 Å². The summed E-state index contributed by atoms with van der Waals surface area (Å²) >= 11 is 0. The number of carbonyl (C=O) groups is 1. The number of nitrogens with zero attached hydrogens (tertiary/aromatic N) is 2. The van der Waals surface area contributed by atoms with Crippen LogP contribution in [0.15, 0.2) is 0 Å². The fraction of sp³-hybridized carbons (Fsp3) is 0.875. The maximum atomic E-state index is 12.0. The molecule has 0 radical (unpaired) electrons. The van der Waals surface area contributed by atoms with Crippen LogP contribution in [0.2, 0.25) is 0 Å². The van der Waals surface area contributed by atoms with Crippen LogP contribution in [0.25, 0.3) is 0 Å². The Labute approximate surface area is 128 Å². The Morgan fingerprint density at radius 3 is 2.33 bits per heavy atom. The molecule has 1 aliphatic rings. The summed E-state index contributed by atoms with van der Waals surface area (Å²) in [6.45, 7) is 12.7. The molecule has 1 rings (SSSR count). The lowest BCUT2D eigenvalue weighted by atomic mass is 9.94. The van der Waals surface area contributed by atoms with Gasteiger partial charge in [-0.25, -0.2) is 4.79 Å².